The number of piperazine rings is 1. The van der Waals surface area contributed by atoms with E-state index in [0.29, 0.717) is 37.2 Å². The van der Waals surface area contributed by atoms with Crippen LogP contribution in [0.25, 0.3) is 21.6 Å². The summed E-state index contributed by atoms with van der Waals surface area (Å²) in [5.74, 6) is 0.0123. The summed E-state index contributed by atoms with van der Waals surface area (Å²) in [4.78, 5) is 19.9. The largest absolute Gasteiger partial charge is 0.489 e. The van der Waals surface area contributed by atoms with E-state index >= 15 is 0 Å². The van der Waals surface area contributed by atoms with Crippen LogP contribution < -0.4 is 10.4 Å². The fraction of sp³-hybridized carbons (Fsp3) is 0.345. The third-order valence-corrected chi connectivity index (χ3v) is 8.16. The smallest absolute Gasteiger partial charge is 0.448 e. The topological polar surface area (TPSA) is 122 Å². The SMILES string of the molecule is Cc1c(CN=[N+]=[N-])c(C)c(N2CCN(C(=O)OCC3c4ccccc4-c4ccccc43)CC2)c(C)c1B(O)O. The van der Waals surface area contributed by atoms with E-state index in [-0.39, 0.29) is 25.2 Å². The number of carbonyl (C=O) groups excluding carboxylic acids is 1. The average molecular weight is 525 g/mol. The monoisotopic (exact) mass is 525 g/mol. The second kappa shape index (κ2) is 11.0. The zero-order valence-corrected chi connectivity index (χ0v) is 22.5. The molecule has 1 fully saturated rings. The predicted octanol–water partition coefficient (Wildman–Crippen LogP) is 4.17. The van der Waals surface area contributed by atoms with Gasteiger partial charge in [-0.05, 0) is 76.3 Å². The second-order valence-corrected chi connectivity index (χ2v) is 10.2. The highest BCUT2D eigenvalue weighted by Gasteiger charge is 2.32. The van der Waals surface area contributed by atoms with Crippen molar-refractivity contribution in [1.29, 1.82) is 0 Å². The highest BCUT2D eigenvalue weighted by molar-refractivity contribution is 6.60. The Balaban J connectivity index is 1.29. The number of fused-ring (bicyclic) bond motifs is 3. The fourth-order valence-corrected chi connectivity index (χ4v) is 6.28. The molecule has 1 heterocycles. The summed E-state index contributed by atoms with van der Waals surface area (Å²) in [5.41, 5.74) is 18.1. The molecule has 0 unspecified atom stereocenters. The van der Waals surface area contributed by atoms with E-state index in [1.165, 1.54) is 22.3 Å². The Hall–Kier alpha value is -3.98. The van der Waals surface area contributed by atoms with Crippen LogP contribution in [0.3, 0.4) is 0 Å². The van der Waals surface area contributed by atoms with Crippen molar-refractivity contribution in [3.8, 4) is 11.1 Å². The van der Waals surface area contributed by atoms with Crippen LogP contribution in [0.15, 0.2) is 53.6 Å². The van der Waals surface area contributed by atoms with Gasteiger partial charge in [-0.2, -0.15) is 0 Å². The molecule has 3 aromatic carbocycles. The number of amides is 1. The highest BCUT2D eigenvalue weighted by Crippen LogP contribution is 2.44. The van der Waals surface area contributed by atoms with E-state index in [1.54, 1.807) is 4.90 Å². The number of benzene rings is 3. The minimum Gasteiger partial charge on any atom is -0.448 e. The molecule has 1 amide bonds. The molecular formula is C29H32BN5O4. The Morgan fingerprint density at radius 3 is 2.13 bits per heavy atom. The quantitative estimate of drug-likeness (QED) is 0.217. The summed E-state index contributed by atoms with van der Waals surface area (Å²) in [6, 6.07) is 16.5. The molecule has 0 atom stereocenters. The lowest BCUT2D eigenvalue weighted by atomic mass is 9.71. The standard InChI is InChI=1S/C29H32BN5O4/c1-18-25(16-32-33-31)19(2)28(20(3)27(18)30(37)38)34-12-14-35(15-13-34)29(36)39-17-26-23-10-6-4-8-21(23)22-9-5-7-11-24(22)26/h4-11,26,37-38H,12-17H2,1-3H3. The molecule has 1 saturated heterocycles. The summed E-state index contributed by atoms with van der Waals surface area (Å²) >= 11 is 0. The molecule has 2 aliphatic rings. The van der Waals surface area contributed by atoms with E-state index in [4.69, 9.17) is 10.3 Å². The van der Waals surface area contributed by atoms with Crippen LogP contribution in [0.4, 0.5) is 10.5 Å². The first-order valence-corrected chi connectivity index (χ1v) is 13.2. The Morgan fingerprint density at radius 1 is 0.974 bits per heavy atom. The molecule has 3 aromatic rings. The number of ether oxygens (including phenoxy) is 1. The minimum atomic E-state index is -1.64. The van der Waals surface area contributed by atoms with E-state index < -0.39 is 7.12 Å². The maximum absolute atomic E-state index is 13.1. The first-order chi connectivity index (χ1) is 18.8. The van der Waals surface area contributed by atoms with Gasteiger partial charge in [0, 0.05) is 42.7 Å². The van der Waals surface area contributed by atoms with Gasteiger partial charge in [-0.25, -0.2) is 4.79 Å². The lowest BCUT2D eigenvalue weighted by Crippen LogP contribution is -2.50. The predicted molar refractivity (Wildman–Crippen MR) is 152 cm³/mol. The lowest BCUT2D eigenvalue weighted by Gasteiger charge is -2.38. The van der Waals surface area contributed by atoms with Gasteiger partial charge in [0.2, 0.25) is 0 Å². The maximum Gasteiger partial charge on any atom is 0.489 e. The Labute approximate surface area is 228 Å². The molecule has 9 nitrogen and oxygen atoms in total. The minimum absolute atomic E-state index is 0.0123. The maximum atomic E-state index is 13.1. The van der Waals surface area contributed by atoms with Crippen molar-refractivity contribution in [3.63, 3.8) is 0 Å². The first-order valence-electron chi connectivity index (χ1n) is 13.2. The van der Waals surface area contributed by atoms with Gasteiger partial charge in [0.15, 0.2) is 0 Å². The van der Waals surface area contributed by atoms with Crippen molar-refractivity contribution in [1.82, 2.24) is 4.90 Å². The van der Waals surface area contributed by atoms with Crippen LogP contribution in [0.5, 0.6) is 0 Å². The van der Waals surface area contributed by atoms with Gasteiger partial charge in [0.25, 0.3) is 0 Å². The molecule has 0 saturated carbocycles. The number of carbonyl (C=O) groups is 1. The van der Waals surface area contributed by atoms with Crippen molar-refractivity contribution in [3.05, 3.63) is 92.4 Å². The molecule has 1 aliphatic heterocycles. The summed E-state index contributed by atoms with van der Waals surface area (Å²) in [6.07, 6.45) is -0.329. The molecular weight excluding hydrogens is 493 g/mol. The van der Waals surface area contributed by atoms with Crippen molar-refractivity contribution < 1.29 is 19.6 Å². The molecule has 2 N–H and O–H groups in total. The Kier molecular flexibility index (Phi) is 7.52. The van der Waals surface area contributed by atoms with Crippen LogP contribution in [0.1, 0.15) is 39.3 Å². The lowest BCUT2D eigenvalue weighted by molar-refractivity contribution is 0.0976. The molecule has 39 heavy (non-hydrogen) atoms. The Morgan fingerprint density at radius 2 is 1.56 bits per heavy atom. The van der Waals surface area contributed by atoms with Gasteiger partial charge in [-0.1, -0.05) is 53.6 Å². The highest BCUT2D eigenvalue weighted by atomic mass is 16.6. The number of anilines is 1. The van der Waals surface area contributed by atoms with E-state index in [1.807, 2.05) is 45.0 Å². The van der Waals surface area contributed by atoms with Crippen molar-refractivity contribution in [2.75, 3.05) is 37.7 Å². The molecule has 200 valence electrons. The number of rotatable bonds is 6. The summed E-state index contributed by atoms with van der Waals surface area (Å²) in [6.45, 7) is 8.15. The molecule has 1 aliphatic carbocycles. The van der Waals surface area contributed by atoms with Crippen molar-refractivity contribution in [2.45, 2.75) is 33.2 Å². The van der Waals surface area contributed by atoms with Crippen LogP contribution in [0.2, 0.25) is 0 Å². The van der Waals surface area contributed by atoms with Crippen LogP contribution in [-0.4, -0.2) is 60.9 Å². The molecule has 0 bridgehead atoms. The van der Waals surface area contributed by atoms with Crippen molar-refractivity contribution >= 4 is 24.4 Å². The van der Waals surface area contributed by atoms with Crippen LogP contribution >= 0.6 is 0 Å². The fourth-order valence-electron chi connectivity index (χ4n) is 6.28. The molecule has 0 spiro atoms. The second-order valence-electron chi connectivity index (χ2n) is 10.2. The van der Waals surface area contributed by atoms with E-state index in [0.717, 1.165) is 22.4 Å². The number of hydrogen-bond acceptors (Lipinski definition) is 6. The van der Waals surface area contributed by atoms with Gasteiger partial charge in [0.1, 0.15) is 6.61 Å². The van der Waals surface area contributed by atoms with Crippen LogP contribution in [-0.2, 0) is 11.3 Å². The van der Waals surface area contributed by atoms with E-state index in [2.05, 4.69) is 39.2 Å². The molecule has 5 rings (SSSR count). The number of azide groups is 1. The van der Waals surface area contributed by atoms with Crippen LogP contribution in [0, 0.1) is 20.8 Å². The number of nitrogens with zero attached hydrogens (tertiary/aromatic N) is 5. The normalized spacial score (nSPS) is 14.5. The third-order valence-electron chi connectivity index (χ3n) is 8.16. The zero-order chi connectivity index (χ0) is 27.7. The van der Waals surface area contributed by atoms with E-state index in [9.17, 15) is 14.8 Å². The van der Waals surface area contributed by atoms with Gasteiger partial charge in [-0.3, -0.25) is 0 Å². The molecule has 0 aromatic heterocycles. The molecule has 0 radical (unpaired) electrons. The van der Waals surface area contributed by atoms with Gasteiger partial charge < -0.3 is 24.6 Å². The summed E-state index contributed by atoms with van der Waals surface area (Å²) in [7, 11) is -1.64. The van der Waals surface area contributed by atoms with Gasteiger partial charge >= 0.3 is 13.2 Å². The first kappa shape index (κ1) is 26.6. The third kappa shape index (κ3) is 4.83. The summed E-state index contributed by atoms with van der Waals surface area (Å²) in [5, 5.41) is 23.9. The number of hydrogen-bond donors (Lipinski definition) is 2. The van der Waals surface area contributed by atoms with Gasteiger partial charge in [0.05, 0.1) is 6.54 Å². The zero-order valence-electron chi connectivity index (χ0n) is 22.5. The van der Waals surface area contributed by atoms with Crippen molar-refractivity contribution in [2.24, 2.45) is 5.11 Å². The van der Waals surface area contributed by atoms with Gasteiger partial charge in [-0.15, -0.1) is 0 Å². The molecule has 10 heteroatoms. The Bertz CT molecular complexity index is 1420. The summed E-state index contributed by atoms with van der Waals surface area (Å²) < 4.78 is 5.85. The average Bonchev–Trinajstić information content (AvgIpc) is 3.25.